The molecule has 3 aromatic rings. The minimum atomic E-state index is -0.618. The smallest absolute Gasteiger partial charge is 0.407 e. The van der Waals surface area contributed by atoms with Crippen molar-refractivity contribution in [2.24, 2.45) is 7.05 Å². The molecular weight excluding hydrogens is 500 g/mol. The summed E-state index contributed by atoms with van der Waals surface area (Å²) in [5.41, 5.74) is -1.06. The lowest BCUT2D eigenvalue weighted by atomic mass is 10.1. The van der Waals surface area contributed by atoms with Crippen molar-refractivity contribution in [1.82, 2.24) is 24.2 Å². The number of amides is 1. The standard InChI is InChI=1S/C28H34N6O5/c1-6-7-16-33-23-22(24(36)31(5)34(25(23)37)18-21(35)19-12-9-8-10-13-19)30-26(33)32-15-11-14-20(17-32)29-27(38)39-28(2,3)4/h8-10,12-13,20H,11,14-18H2,1-5H3,(H,29,38). The molecule has 1 fully saturated rings. The number of hydrogen-bond donors (Lipinski definition) is 1. The molecule has 39 heavy (non-hydrogen) atoms. The molecule has 1 saturated heterocycles. The van der Waals surface area contributed by atoms with E-state index in [2.05, 4.69) is 22.1 Å². The maximum atomic E-state index is 13.7. The Kier molecular flexibility index (Phi) is 7.95. The maximum absolute atomic E-state index is 13.7. The lowest BCUT2D eigenvalue weighted by molar-refractivity contribution is 0.0499. The summed E-state index contributed by atoms with van der Waals surface area (Å²) in [5, 5.41) is 2.91. The molecular formula is C28H34N6O5. The number of carbonyl (C=O) groups excluding carboxylic acids is 2. The summed E-state index contributed by atoms with van der Waals surface area (Å²) in [6.07, 6.45) is 1.01. The molecule has 0 spiro atoms. The van der Waals surface area contributed by atoms with Gasteiger partial charge in [0.1, 0.15) is 17.7 Å². The van der Waals surface area contributed by atoms with Crippen LogP contribution in [0.3, 0.4) is 0 Å². The fourth-order valence-electron chi connectivity index (χ4n) is 4.66. The summed E-state index contributed by atoms with van der Waals surface area (Å²) < 4.78 is 9.32. The monoisotopic (exact) mass is 534 g/mol. The van der Waals surface area contributed by atoms with Gasteiger partial charge in [-0.1, -0.05) is 36.3 Å². The molecule has 3 heterocycles. The molecule has 1 unspecified atom stereocenters. The number of anilines is 1. The quantitative estimate of drug-likeness (QED) is 0.381. The fraction of sp³-hybridized carbons (Fsp3) is 0.464. The summed E-state index contributed by atoms with van der Waals surface area (Å²) in [7, 11) is 1.45. The second kappa shape index (κ2) is 11.2. The van der Waals surface area contributed by atoms with Crippen molar-refractivity contribution in [1.29, 1.82) is 0 Å². The zero-order valence-corrected chi connectivity index (χ0v) is 23.0. The lowest BCUT2D eigenvalue weighted by Crippen LogP contribution is -2.49. The summed E-state index contributed by atoms with van der Waals surface area (Å²) in [4.78, 5) is 58.9. The molecule has 0 radical (unpaired) electrons. The molecule has 4 rings (SSSR count). The number of nitrogens with one attached hydrogen (secondary N) is 1. The Morgan fingerprint density at radius 2 is 1.87 bits per heavy atom. The number of piperidine rings is 1. The van der Waals surface area contributed by atoms with Crippen LogP contribution in [-0.2, 0) is 24.9 Å². The van der Waals surface area contributed by atoms with Gasteiger partial charge in [0.05, 0.1) is 6.54 Å². The van der Waals surface area contributed by atoms with E-state index in [9.17, 15) is 19.2 Å². The average molecular weight is 535 g/mol. The lowest BCUT2D eigenvalue weighted by Gasteiger charge is -2.34. The van der Waals surface area contributed by atoms with E-state index in [0.717, 1.165) is 22.2 Å². The van der Waals surface area contributed by atoms with E-state index in [1.54, 1.807) is 62.6 Å². The largest absolute Gasteiger partial charge is 0.444 e. The van der Waals surface area contributed by atoms with E-state index in [-0.39, 0.29) is 35.9 Å². The van der Waals surface area contributed by atoms with Crippen molar-refractivity contribution < 1.29 is 14.3 Å². The first-order valence-electron chi connectivity index (χ1n) is 12.9. The van der Waals surface area contributed by atoms with Crippen LogP contribution in [0.25, 0.3) is 11.0 Å². The van der Waals surface area contributed by atoms with Gasteiger partial charge in [-0.05, 0) is 40.5 Å². The van der Waals surface area contributed by atoms with Crippen LogP contribution in [0, 0.1) is 11.8 Å². The van der Waals surface area contributed by atoms with Gasteiger partial charge >= 0.3 is 6.09 Å². The zero-order valence-electron chi connectivity index (χ0n) is 23.0. The molecule has 1 N–H and O–H groups in total. The van der Waals surface area contributed by atoms with Gasteiger partial charge in [-0.15, -0.1) is 5.92 Å². The van der Waals surface area contributed by atoms with Crippen LogP contribution in [-0.4, -0.2) is 55.5 Å². The third kappa shape index (κ3) is 6.06. The number of imidazole rings is 1. The number of benzene rings is 1. The van der Waals surface area contributed by atoms with Gasteiger partial charge < -0.3 is 15.0 Å². The van der Waals surface area contributed by atoms with Gasteiger partial charge in [-0.2, -0.15) is 0 Å². The normalized spacial score (nSPS) is 15.5. The highest BCUT2D eigenvalue weighted by atomic mass is 16.6. The molecule has 0 saturated carbocycles. The highest BCUT2D eigenvalue weighted by Crippen LogP contribution is 2.23. The molecule has 11 heteroatoms. The Labute approximate surface area is 226 Å². The molecule has 11 nitrogen and oxygen atoms in total. The van der Waals surface area contributed by atoms with Crippen molar-refractivity contribution in [3.8, 4) is 11.8 Å². The third-order valence-electron chi connectivity index (χ3n) is 6.47. The van der Waals surface area contributed by atoms with Gasteiger partial charge in [-0.3, -0.25) is 19.0 Å². The molecule has 1 aliphatic rings. The van der Waals surface area contributed by atoms with Crippen LogP contribution in [0.1, 0.15) is 50.9 Å². The number of rotatable bonds is 6. The van der Waals surface area contributed by atoms with Crippen LogP contribution in [0.15, 0.2) is 39.9 Å². The molecule has 1 aliphatic heterocycles. The van der Waals surface area contributed by atoms with Crippen molar-refractivity contribution in [2.45, 2.75) is 65.3 Å². The Hall–Kier alpha value is -4.33. The third-order valence-corrected chi connectivity index (χ3v) is 6.47. The van der Waals surface area contributed by atoms with E-state index in [1.807, 2.05) is 4.90 Å². The van der Waals surface area contributed by atoms with Crippen molar-refractivity contribution in [3.63, 3.8) is 0 Å². The number of carbonyl (C=O) groups is 2. The molecule has 206 valence electrons. The molecule has 0 bridgehead atoms. The SMILES string of the molecule is CC#CCn1c(N2CCCC(NC(=O)OC(C)(C)C)C2)nc2c(=O)n(C)n(CC(=O)c3ccccc3)c(=O)c21. The first-order valence-corrected chi connectivity index (χ1v) is 12.9. The van der Waals surface area contributed by atoms with Crippen LogP contribution >= 0.6 is 0 Å². The second-order valence-corrected chi connectivity index (χ2v) is 10.5. The van der Waals surface area contributed by atoms with E-state index in [1.165, 1.54) is 7.05 Å². The number of nitrogens with zero attached hydrogens (tertiary/aromatic N) is 5. The summed E-state index contributed by atoms with van der Waals surface area (Å²) in [5.74, 6) is 5.93. The van der Waals surface area contributed by atoms with Gasteiger partial charge in [0, 0.05) is 31.7 Å². The Balaban J connectivity index is 1.74. The number of ketones is 1. The highest BCUT2D eigenvalue weighted by Gasteiger charge is 2.29. The Morgan fingerprint density at radius 1 is 1.15 bits per heavy atom. The minimum Gasteiger partial charge on any atom is -0.444 e. The summed E-state index contributed by atoms with van der Waals surface area (Å²) in [6.45, 7) is 7.98. The zero-order chi connectivity index (χ0) is 28.3. The molecule has 0 aliphatic carbocycles. The van der Waals surface area contributed by atoms with Crippen molar-refractivity contribution in [3.05, 3.63) is 56.6 Å². The first kappa shape index (κ1) is 27.7. The highest BCUT2D eigenvalue weighted by molar-refractivity contribution is 5.95. The van der Waals surface area contributed by atoms with Crippen LogP contribution < -0.4 is 21.3 Å². The van der Waals surface area contributed by atoms with Crippen LogP contribution in [0.5, 0.6) is 0 Å². The van der Waals surface area contributed by atoms with E-state index in [0.29, 0.717) is 24.6 Å². The van der Waals surface area contributed by atoms with E-state index in [4.69, 9.17) is 4.74 Å². The van der Waals surface area contributed by atoms with Gasteiger partial charge in [-0.25, -0.2) is 19.1 Å². The minimum absolute atomic E-state index is 0.0149. The van der Waals surface area contributed by atoms with E-state index >= 15 is 0 Å². The van der Waals surface area contributed by atoms with Crippen molar-refractivity contribution >= 4 is 28.9 Å². The van der Waals surface area contributed by atoms with Crippen LogP contribution in [0.4, 0.5) is 10.7 Å². The fourth-order valence-corrected chi connectivity index (χ4v) is 4.66. The van der Waals surface area contributed by atoms with Gasteiger partial charge in [0.2, 0.25) is 5.95 Å². The first-order chi connectivity index (χ1) is 18.5. The Bertz CT molecular complexity index is 1570. The molecule has 1 atom stereocenters. The second-order valence-electron chi connectivity index (χ2n) is 10.5. The maximum Gasteiger partial charge on any atom is 0.407 e. The van der Waals surface area contributed by atoms with Gasteiger partial charge in [0.25, 0.3) is 11.1 Å². The summed E-state index contributed by atoms with van der Waals surface area (Å²) >= 11 is 0. The van der Waals surface area contributed by atoms with Crippen molar-refractivity contribution in [2.75, 3.05) is 18.0 Å². The number of aromatic nitrogens is 4. The average Bonchev–Trinajstić information content (AvgIpc) is 3.28. The van der Waals surface area contributed by atoms with E-state index < -0.39 is 22.8 Å². The molecule has 2 aromatic heterocycles. The predicted molar refractivity (Wildman–Crippen MR) is 148 cm³/mol. The summed E-state index contributed by atoms with van der Waals surface area (Å²) in [6, 6.07) is 8.41. The predicted octanol–water partition coefficient (Wildman–Crippen LogP) is 2.30. The number of alkyl carbamates (subject to hydrolysis) is 1. The number of ether oxygens (including phenoxy) is 1. The Morgan fingerprint density at radius 3 is 2.54 bits per heavy atom. The number of hydrogen-bond acceptors (Lipinski definition) is 7. The number of fused-ring (bicyclic) bond motifs is 1. The topological polar surface area (TPSA) is 120 Å². The van der Waals surface area contributed by atoms with Crippen LogP contribution in [0.2, 0.25) is 0 Å². The van der Waals surface area contributed by atoms with Gasteiger partial charge in [0.15, 0.2) is 11.3 Å². The molecule has 1 amide bonds. The molecule has 1 aromatic carbocycles. The number of Topliss-reactive ketones (excluding diaryl/α,β-unsaturated/α-hetero) is 1.